The van der Waals surface area contributed by atoms with E-state index >= 15 is 0 Å². The predicted molar refractivity (Wildman–Crippen MR) is 82.4 cm³/mol. The average Bonchev–Trinajstić information content (AvgIpc) is 2.45. The molecule has 1 aliphatic heterocycles. The van der Waals surface area contributed by atoms with Crippen LogP contribution in [0.2, 0.25) is 0 Å². The Morgan fingerprint density at radius 2 is 2.25 bits per heavy atom. The van der Waals surface area contributed by atoms with Crippen LogP contribution in [0, 0.1) is 17.2 Å². The highest BCUT2D eigenvalue weighted by atomic mass is 15.1. The molecule has 108 valence electrons. The van der Waals surface area contributed by atoms with Gasteiger partial charge in [-0.15, -0.1) is 0 Å². The monoisotopic (exact) mass is 271 g/mol. The van der Waals surface area contributed by atoms with Crippen molar-refractivity contribution < 1.29 is 0 Å². The topological polar surface area (TPSA) is 39.1 Å². The first-order valence-corrected chi connectivity index (χ1v) is 7.55. The average molecular weight is 271 g/mol. The van der Waals surface area contributed by atoms with Gasteiger partial charge in [-0.25, -0.2) is 0 Å². The maximum absolute atomic E-state index is 9.09. The molecular weight excluding hydrogens is 246 g/mol. The van der Waals surface area contributed by atoms with E-state index in [1.54, 1.807) is 0 Å². The van der Waals surface area contributed by atoms with E-state index in [0.29, 0.717) is 18.0 Å². The van der Waals surface area contributed by atoms with Crippen LogP contribution in [0.3, 0.4) is 0 Å². The van der Waals surface area contributed by atoms with E-state index in [4.69, 9.17) is 5.26 Å². The molecule has 0 saturated carbocycles. The van der Waals surface area contributed by atoms with E-state index in [0.717, 1.165) is 18.7 Å². The molecule has 1 aromatic carbocycles. The maximum atomic E-state index is 9.09. The van der Waals surface area contributed by atoms with Gasteiger partial charge in [0.25, 0.3) is 0 Å². The third-order valence-corrected chi connectivity index (χ3v) is 4.15. The van der Waals surface area contributed by atoms with Gasteiger partial charge >= 0.3 is 0 Å². The molecule has 1 N–H and O–H groups in total. The minimum absolute atomic E-state index is 0.420. The van der Waals surface area contributed by atoms with Gasteiger partial charge in [-0.3, -0.25) is 4.90 Å². The van der Waals surface area contributed by atoms with Crippen LogP contribution in [-0.2, 0) is 0 Å². The second-order valence-corrected chi connectivity index (χ2v) is 6.13. The van der Waals surface area contributed by atoms with Gasteiger partial charge in [-0.05, 0) is 50.0 Å². The molecule has 1 aliphatic rings. The standard InChI is InChI=1S/C17H25N3/c1-13(2)19-12-16-8-5-9-20(3)17(16)15-7-4-6-14(10-15)11-18/h4,6-7,10,13,16-17,19H,5,8-9,12H2,1-3H3. The van der Waals surface area contributed by atoms with Crippen LogP contribution >= 0.6 is 0 Å². The molecule has 0 spiro atoms. The zero-order valence-electron chi connectivity index (χ0n) is 12.8. The SMILES string of the molecule is CC(C)NCC1CCCN(C)C1c1cccc(C#N)c1. The highest BCUT2D eigenvalue weighted by Gasteiger charge is 2.30. The van der Waals surface area contributed by atoms with Crippen LogP contribution in [0.1, 0.15) is 43.9 Å². The van der Waals surface area contributed by atoms with E-state index < -0.39 is 0 Å². The number of nitrogens with one attached hydrogen (secondary N) is 1. The van der Waals surface area contributed by atoms with Crippen LogP contribution in [0.25, 0.3) is 0 Å². The molecule has 1 fully saturated rings. The molecule has 2 rings (SSSR count). The molecule has 2 unspecified atom stereocenters. The number of rotatable bonds is 4. The molecule has 2 atom stereocenters. The van der Waals surface area contributed by atoms with Crippen LogP contribution < -0.4 is 5.32 Å². The second-order valence-electron chi connectivity index (χ2n) is 6.13. The lowest BCUT2D eigenvalue weighted by Crippen LogP contribution is -2.41. The molecule has 0 aromatic heterocycles. The van der Waals surface area contributed by atoms with Gasteiger partial charge < -0.3 is 5.32 Å². The molecule has 0 amide bonds. The van der Waals surface area contributed by atoms with Crippen molar-refractivity contribution >= 4 is 0 Å². The van der Waals surface area contributed by atoms with Gasteiger partial charge in [0.05, 0.1) is 11.6 Å². The Kier molecular flexibility index (Phi) is 5.17. The van der Waals surface area contributed by atoms with E-state index in [2.05, 4.69) is 49.3 Å². The van der Waals surface area contributed by atoms with Gasteiger partial charge in [-0.2, -0.15) is 5.26 Å². The number of nitrogens with zero attached hydrogens (tertiary/aromatic N) is 2. The lowest BCUT2D eigenvalue weighted by molar-refractivity contribution is 0.118. The fraction of sp³-hybridized carbons (Fsp3) is 0.588. The highest BCUT2D eigenvalue weighted by molar-refractivity contribution is 5.34. The Labute approximate surface area is 122 Å². The number of nitriles is 1. The molecule has 3 heteroatoms. The molecule has 0 aliphatic carbocycles. The summed E-state index contributed by atoms with van der Waals surface area (Å²) in [6.45, 7) is 6.57. The first-order chi connectivity index (χ1) is 9.61. The van der Waals surface area contributed by atoms with E-state index in [-0.39, 0.29) is 0 Å². The molecule has 1 saturated heterocycles. The zero-order valence-corrected chi connectivity index (χ0v) is 12.8. The molecular formula is C17H25N3. The van der Waals surface area contributed by atoms with Crippen molar-refractivity contribution in [3.8, 4) is 6.07 Å². The Morgan fingerprint density at radius 1 is 1.45 bits per heavy atom. The Morgan fingerprint density at radius 3 is 2.95 bits per heavy atom. The summed E-state index contributed by atoms with van der Waals surface area (Å²) in [4.78, 5) is 2.44. The van der Waals surface area contributed by atoms with Crippen LogP contribution in [0.4, 0.5) is 0 Å². The summed E-state index contributed by atoms with van der Waals surface area (Å²) in [5.74, 6) is 0.616. The van der Waals surface area contributed by atoms with Crippen LogP contribution in [-0.4, -0.2) is 31.1 Å². The summed E-state index contributed by atoms with van der Waals surface area (Å²) in [6, 6.07) is 11.3. The molecule has 3 nitrogen and oxygen atoms in total. The van der Waals surface area contributed by atoms with Crippen molar-refractivity contribution in [1.82, 2.24) is 10.2 Å². The summed E-state index contributed by atoms with van der Waals surface area (Å²) in [5.41, 5.74) is 2.04. The van der Waals surface area contributed by atoms with E-state index in [9.17, 15) is 0 Å². The Bertz CT molecular complexity index is 475. The van der Waals surface area contributed by atoms with Crippen molar-refractivity contribution in [2.24, 2.45) is 5.92 Å². The smallest absolute Gasteiger partial charge is 0.0991 e. The van der Waals surface area contributed by atoms with Gasteiger partial charge in [0, 0.05) is 18.6 Å². The predicted octanol–water partition coefficient (Wildman–Crippen LogP) is 2.94. The summed E-state index contributed by atoms with van der Waals surface area (Å²) in [5, 5.41) is 12.7. The molecule has 0 radical (unpaired) electrons. The molecule has 1 aromatic rings. The molecule has 0 bridgehead atoms. The summed E-state index contributed by atoms with van der Waals surface area (Å²) in [7, 11) is 2.20. The van der Waals surface area contributed by atoms with Gasteiger partial charge in [0.1, 0.15) is 0 Å². The summed E-state index contributed by atoms with van der Waals surface area (Å²) in [6.07, 6.45) is 2.51. The van der Waals surface area contributed by atoms with Gasteiger partial charge in [0.2, 0.25) is 0 Å². The minimum Gasteiger partial charge on any atom is -0.314 e. The maximum Gasteiger partial charge on any atom is 0.0991 e. The number of piperidine rings is 1. The summed E-state index contributed by atoms with van der Waals surface area (Å²) < 4.78 is 0. The molecule has 1 heterocycles. The number of likely N-dealkylation sites (tertiary alicyclic amines) is 1. The fourth-order valence-electron chi connectivity index (χ4n) is 3.18. The molecule has 20 heavy (non-hydrogen) atoms. The second kappa shape index (κ2) is 6.88. The zero-order chi connectivity index (χ0) is 14.5. The first kappa shape index (κ1) is 15.0. The quantitative estimate of drug-likeness (QED) is 0.915. The van der Waals surface area contributed by atoms with Crippen molar-refractivity contribution in [3.63, 3.8) is 0 Å². The minimum atomic E-state index is 0.420. The van der Waals surface area contributed by atoms with Crippen molar-refractivity contribution in [3.05, 3.63) is 35.4 Å². The third-order valence-electron chi connectivity index (χ3n) is 4.15. The lowest BCUT2D eigenvalue weighted by atomic mass is 9.84. The largest absolute Gasteiger partial charge is 0.314 e. The fourth-order valence-corrected chi connectivity index (χ4v) is 3.18. The Balaban J connectivity index is 2.20. The lowest BCUT2D eigenvalue weighted by Gasteiger charge is -2.40. The normalized spacial score (nSPS) is 23.8. The first-order valence-electron chi connectivity index (χ1n) is 7.55. The number of hydrogen-bond acceptors (Lipinski definition) is 3. The van der Waals surface area contributed by atoms with Crippen LogP contribution in [0.5, 0.6) is 0 Å². The third kappa shape index (κ3) is 3.59. The van der Waals surface area contributed by atoms with Crippen molar-refractivity contribution in [1.29, 1.82) is 5.26 Å². The van der Waals surface area contributed by atoms with Gasteiger partial charge in [-0.1, -0.05) is 26.0 Å². The number of hydrogen-bond donors (Lipinski definition) is 1. The van der Waals surface area contributed by atoms with E-state index in [1.807, 2.05) is 12.1 Å². The van der Waals surface area contributed by atoms with Gasteiger partial charge in [0.15, 0.2) is 0 Å². The van der Waals surface area contributed by atoms with Crippen molar-refractivity contribution in [2.45, 2.75) is 38.8 Å². The van der Waals surface area contributed by atoms with E-state index in [1.165, 1.54) is 18.4 Å². The van der Waals surface area contributed by atoms with Crippen molar-refractivity contribution in [2.75, 3.05) is 20.1 Å². The Hall–Kier alpha value is -1.37. The summed E-state index contributed by atoms with van der Waals surface area (Å²) >= 11 is 0. The highest BCUT2D eigenvalue weighted by Crippen LogP contribution is 2.34. The van der Waals surface area contributed by atoms with Crippen LogP contribution in [0.15, 0.2) is 24.3 Å². The number of benzene rings is 1.